The molecule has 0 radical (unpaired) electrons. The summed E-state index contributed by atoms with van der Waals surface area (Å²) in [6, 6.07) is 16.5. The fourth-order valence-electron chi connectivity index (χ4n) is 2.27. The lowest BCUT2D eigenvalue weighted by Gasteiger charge is -2.07. The summed E-state index contributed by atoms with van der Waals surface area (Å²) in [4.78, 5) is 23.6. The lowest BCUT2D eigenvalue weighted by Crippen LogP contribution is -2.20. The summed E-state index contributed by atoms with van der Waals surface area (Å²) in [5.41, 5.74) is 5.63. The largest absolute Gasteiger partial charge is 0.326 e. The molecule has 0 aliphatic carbocycles. The van der Waals surface area contributed by atoms with Gasteiger partial charge in [-0.3, -0.25) is 9.59 Å². The van der Waals surface area contributed by atoms with E-state index in [9.17, 15) is 9.59 Å². The SMILES string of the molecule is CCCC(=NNC(=O)c1ccc(NC(=O)CC)cc1)c1ccccc1. The van der Waals surface area contributed by atoms with Crippen LogP contribution >= 0.6 is 0 Å². The zero-order valence-electron chi connectivity index (χ0n) is 14.6. The van der Waals surface area contributed by atoms with E-state index in [2.05, 4.69) is 22.8 Å². The monoisotopic (exact) mass is 337 g/mol. The Morgan fingerprint density at radius 3 is 2.20 bits per heavy atom. The molecule has 25 heavy (non-hydrogen) atoms. The molecule has 0 aromatic heterocycles. The molecule has 5 heteroatoms. The van der Waals surface area contributed by atoms with Crippen molar-refractivity contribution in [3.63, 3.8) is 0 Å². The van der Waals surface area contributed by atoms with Gasteiger partial charge in [-0.2, -0.15) is 5.10 Å². The van der Waals surface area contributed by atoms with Crippen LogP contribution in [0.3, 0.4) is 0 Å². The first kappa shape index (κ1) is 18.4. The van der Waals surface area contributed by atoms with Gasteiger partial charge in [-0.25, -0.2) is 5.43 Å². The summed E-state index contributed by atoms with van der Waals surface area (Å²) in [6.07, 6.45) is 2.14. The van der Waals surface area contributed by atoms with E-state index >= 15 is 0 Å². The van der Waals surface area contributed by atoms with Crippen molar-refractivity contribution in [2.75, 3.05) is 5.32 Å². The lowest BCUT2D eigenvalue weighted by molar-refractivity contribution is -0.115. The molecule has 0 atom stereocenters. The first-order valence-electron chi connectivity index (χ1n) is 8.46. The van der Waals surface area contributed by atoms with Gasteiger partial charge in [0.2, 0.25) is 5.91 Å². The predicted octanol–water partition coefficient (Wildman–Crippen LogP) is 3.97. The van der Waals surface area contributed by atoms with Crippen LogP contribution in [-0.4, -0.2) is 17.5 Å². The van der Waals surface area contributed by atoms with E-state index in [0.29, 0.717) is 17.7 Å². The van der Waals surface area contributed by atoms with Crippen molar-refractivity contribution in [2.45, 2.75) is 33.1 Å². The van der Waals surface area contributed by atoms with Gasteiger partial charge >= 0.3 is 0 Å². The number of amides is 2. The first-order chi connectivity index (χ1) is 12.1. The normalized spacial score (nSPS) is 11.0. The molecule has 0 aliphatic rings. The minimum absolute atomic E-state index is 0.0612. The Bertz CT molecular complexity index is 737. The van der Waals surface area contributed by atoms with Gasteiger partial charge in [-0.1, -0.05) is 50.6 Å². The third-order valence-corrected chi connectivity index (χ3v) is 3.64. The summed E-state index contributed by atoms with van der Waals surface area (Å²) in [5.74, 6) is -0.341. The van der Waals surface area contributed by atoms with Crippen LogP contribution in [0.2, 0.25) is 0 Å². The number of nitrogens with zero attached hydrogens (tertiary/aromatic N) is 1. The van der Waals surface area contributed by atoms with Crippen LogP contribution in [-0.2, 0) is 4.79 Å². The Kier molecular flexibility index (Phi) is 6.89. The van der Waals surface area contributed by atoms with E-state index in [1.165, 1.54) is 0 Å². The van der Waals surface area contributed by atoms with Gasteiger partial charge in [0.1, 0.15) is 0 Å². The molecule has 0 saturated heterocycles. The Morgan fingerprint density at radius 2 is 1.60 bits per heavy atom. The Balaban J connectivity index is 2.06. The van der Waals surface area contributed by atoms with Gasteiger partial charge in [-0.05, 0) is 36.2 Å². The number of carbonyl (C=O) groups excluding carboxylic acids is 2. The average molecular weight is 337 g/mol. The van der Waals surface area contributed by atoms with E-state index in [1.54, 1.807) is 31.2 Å². The summed E-state index contributed by atoms with van der Waals surface area (Å²) in [5, 5.41) is 7.04. The van der Waals surface area contributed by atoms with Crippen LogP contribution in [0.4, 0.5) is 5.69 Å². The second-order valence-electron chi connectivity index (χ2n) is 5.59. The van der Waals surface area contributed by atoms with Crippen molar-refractivity contribution >= 4 is 23.2 Å². The van der Waals surface area contributed by atoms with Crippen LogP contribution < -0.4 is 10.7 Å². The topological polar surface area (TPSA) is 70.6 Å². The molecular formula is C20H23N3O2. The van der Waals surface area contributed by atoms with Crippen LogP contribution in [0.1, 0.15) is 49.0 Å². The zero-order chi connectivity index (χ0) is 18.1. The molecule has 0 saturated carbocycles. The number of hydrazone groups is 1. The second-order valence-corrected chi connectivity index (χ2v) is 5.59. The molecule has 0 unspecified atom stereocenters. The number of nitrogens with one attached hydrogen (secondary N) is 2. The molecule has 130 valence electrons. The summed E-state index contributed by atoms with van der Waals surface area (Å²) in [6.45, 7) is 3.86. The minimum Gasteiger partial charge on any atom is -0.326 e. The highest BCUT2D eigenvalue weighted by molar-refractivity contribution is 6.02. The first-order valence-corrected chi connectivity index (χ1v) is 8.46. The second kappa shape index (κ2) is 9.37. The average Bonchev–Trinajstić information content (AvgIpc) is 2.66. The highest BCUT2D eigenvalue weighted by Crippen LogP contribution is 2.10. The molecule has 2 aromatic carbocycles. The number of benzene rings is 2. The van der Waals surface area contributed by atoms with Crippen LogP contribution in [0, 0.1) is 0 Å². The molecule has 0 fully saturated rings. The molecule has 0 heterocycles. The van der Waals surface area contributed by atoms with Gasteiger partial charge in [-0.15, -0.1) is 0 Å². The number of hydrogen-bond donors (Lipinski definition) is 2. The van der Waals surface area contributed by atoms with E-state index in [4.69, 9.17) is 0 Å². The molecule has 0 spiro atoms. The lowest BCUT2D eigenvalue weighted by atomic mass is 10.1. The molecule has 0 aliphatic heterocycles. The summed E-state index contributed by atoms with van der Waals surface area (Å²) in [7, 11) is 0. The van der Waals surface area contributed by atoms with Gasteiger partial charge in [0.05, 0.1) is 5.71 Å². The van der Waals surface area contributed by atoms with Crippen LogP contribution in [0.25, 0.3) is 0 Å². The van der Waals surface area contributed by atoms with Gasteiger partial charge in [0.25, 0.3) is 5.91 Å². The van der Waals surface area contributed by atoms with E-state index in [0.717, 1.165) is 24.1 Å². The van der Waals surface area contributed by atoms with E-state index < -0.39 is 0 Å². The fraction of sp³-hybridized carbons (Fsp3) is 0.250. The Labute approximate surface area is 148 Å². The molecule has 2 N–H and O–H groups in total. The standard InChI is InChI=1S/C20H23N3O2/c1-3-8-18(15-9-6-5-7-10-15)22-23-20(25)16-11-13-17(14-12-16)21-19(24)4-2/h5-7,9-14H,3-4,8H2,1-2H3,(H,21,24)(H,23,25). The molecular weight excluding hydrogens is 314 g/mol. The van der Waals surface area contributed by atoms with E-state index in [1.807, 2.05) is 30.3 Å². The molecule has 0 bridgehead atoms. The smallest absolute Gasteiger partial charge is 0.271 e. The molecule has 2 amide bonds. The van der Waals surface area contributed by atoms with Crippen molar-refractivity contribution in [3.05, 3.63) is 65.7 Å². The van der Waals surface area contributed by atoms with Crippen molar-refractivity contribution in [1.82, 2.24) is 5.43 Å². The van der Waals surface area contributed by atoms with Gasteiger partial charge in [0, 0.05) is 17.7 Å². The third-order valence-electron chi connectivity index (χ3n) is 3.64. The molecule has 5 nitrogen and oxygen atoms in total. The van der Waals surface area contributed by atoms with Gasteiger partial charge in [0.15, 0.2) is 0 Å². The highest BCUT2D eigenvalue weighted by atomic mass is 16.2. The minimum atomic E-state index is -0.280. The predicted molar refractivity (Wildman–Crippen MR) is 101 cm³/mol. The van der Waals surface area contributed by atoms with E-state index in [-0.39, 0.29) is 11.8 Å². The number of carbonyl (C=O) groups is 2. The van der Waals surface area contributed by atoms with Crippen molar-refractivity contribution in [1.29, 1.82) is 0 Å². The maximum atomic E-state index is 12.3. The highest BCUT2D eigenvalue weighted by Gasteiger charge is 2.07. The Morgan fingerprint density at radius 1 is 0.920 bits per heavy atom. The third kappa shape index (κ3) is 5.57. The van der Waals surface area contributed by atoms with Crippen LogP contribution in [0.15, 0.2) is 59.7 Å². The number of anilines is 1. The summed E-state index contributed by atoms with van der Waals surface area (Å²) < 4.78 is 0. The van der Waals surface area contributed by atoms with Gasteiger partial charge < -0.3 is 5.32 Å². The summed E-state index contributed by atoms with van der Waals surface area (Å²) >= 11 is 0. The van der Waals surface area contributed by atoms with Crippen molar-refractivity contribution < 1.29 is 9.59 Å². The molecule has 2 aromatic rings. The number of rotatable bonds is 7. The number of hydrogen-bond acceptors (Lipinski definition) is 3. The maximum Gasteiger partial charge on any atom is 0.271 e. The fourth-order valence-corrected chi connectivity index (χ4v) is 2.27. The van der Waals surface area contributed by atoms with Crippen molar-refractivity contribution in [3.8, 4) is 0 Å². The molecule has 2 rings (SSSR count). The maximum absolute atomic E-state index is 12.3. The Hall–Kier alpha value is -2.95. The zero-order valence-corrected chi connectivity index (χ0v) is 14.6. The van der Waals surface area contributed by atoms with Crippen molar-refractivity contribution in [2.24, 2.45) is 5.10 Å². The quantitative estimate of drug-likeness (QED) is 0.593. The van der Waals surface area contributed by atoms with Crippen LogP contribution in [0.5, 0.6) is 0 Å².